The Kier molecular flexibility index (Phi) is 6.21. The molecule has 210 valence electrons. The molecule has 39 heavy (non-hydrogen) atoms. The van der Waals surface area contributed by atoms with Crippen LogP contribution in [0.15, 0.2) is 24.4 Å². The Balaban J connectivity index is 1.75. The van der Waals surface area contributed by atoms with Crippen molar-refractivity contribution in [2.45, 2.75) is 37.4 Å². The molecule has 0 spiro atoms. The first-order valence-corrected chi connectivity index (χ1v) is 13.4. The molecule has 5 rings (SSSR count). The summed E-state index contributed by atoms with van der Waals surface area (Å²) in [6.45, 7) is -0.268. The summed E-state index contributed by atoms with van der Waals surface area (Å²) in [6, 6.07) is 2.30. The summed E-state index contributed by atoms with van der Waals surface area (Å²) >= 11 is 0. The minimum atomic E-state index is -4.62. The zero-order valence-corrected chi connectivity index (χ0v) is 21.6. The fourth-order valence-electron chi connectivity index (χ4n) is 4.89. The molecular weight excluding hydrogens is 551 g/mol. The highest BCUT2D eigenvalue weighted by Crippen LogP contribution is 2.47. The predicted molar refractivity (Wildman–Crippen MR) is 130 cm³/mol. The third-order valence-electron chi connectivity index (χ3n) is 6.85. The van der Waals surface area contributed by atoms with Crippen molar-refractivity contribution in [3.63, 3.8) is 0 Å². The lowest BCUT2D eigenvalue weighted by molar-refractivity contribution is -0.164. The number of anilines is 1. The molecule has 0 aliphatic carbocycles. The van der Waals surface area contributed by atoms with Crippen LogP contribution < -0.4 is 10.5 Å². The van der Waals surface area contributed by atoms with Crippen LogP contribution in [-0.2, 0) is 10.0 Å². The summed E-state index contributed by atoms with van der Waals surface area (Å²) in [5.41, 5.74) is 6.64. The first-order chi connectivity index (χ1) is 18.1. The van der Waals surface area contributed by atoms with E-state index in [9.17, 15) is 21.6 Å². The van der Waals surface area contributed by atoms with Gasteiger partial charge in [0.25, 0.3) is 5.92 Å². The van der Waals surface area contributed by atoms with Crippen LogP contribution in [0.2, 0.25) is 0 Å². The monoisotopic (exact) mass is 574 g/mol. The summed E-state index contributed by atoms with van der Waals surface area (Å²) in [6.07, 6.45) is -2.66. The molecule has 1 aromatic carbocycles. The van der Waals surface area contributed by atoms with E-state index in [0.717, 1.165) is 13.2 Å². The molecule has 1 saturated heterocycles. The number of sulfonamides is 1. The zero-order valence-electron chi connectivity index (χ0n) is 20.8. The number of piperidine rings is 1. The maximum Gasteiger partial charge on any atom is 0.410 e. The fraction of sp³-hybridized carbons (Fsp3) is 0.455. The predicted octanol–water partition coefficient (Wildman–Crippen LogP) is 3.24. The summed E-state index contributed by atoms with van der Waals surface area (Å²) in [4.78, 5) is 4.05. The van der Waals surface area contributed by atoms with E-state index in [2.05, 4.69) is 20.4 Å². The number of nitrogens with zero attached hydrogens (tertiary/aromatic N) is 7. The van der Waals surface area contributed by atoms with Crippen molar-refractivity contribution in [1.29, 1.82) is 0 Å². The Hall–Kier alpha value is -3.60. The summed E-state index contributed by atoms with van der Waals surface area (Å²) in [7, 11) is -2.57. The topological polar surface area (TPSA) is 134 Å². The van der Waals surface area contributed by atoms with Gasteiger partial charge in [-0.1, -0.05) is 11.3 Å². The molecule has 0 saturated carbocycles. The SMILES string of the molecule is COc1nc(N)nn2cc([C@H]3CCN(S(C)(=O)=O)CC3(F)F)c(-c3ccc4nnn([C@@H](C)C(F)(F)F)c4c3)c12. The lowest BCUT2D eigenvalue weighted by Crippen LogP contribution is -2.49. The van der Waals surface area contributed by atoms with E-state index >= 15 is 8.78 Å². The van der Waals surface area contributed by atoms with Gasteiger partial charge in [-0.15, -0.1) is 10.2 Å². The molecule has 4 aromatic rings. The average molecular weight is 575 g/mol. The summed E-state index contributed by atoms with van der Waals surface area (Å²) in [5.74, 6) is -5.21. The Morgan fingerprint density at radius 3 is 2.59 bits per heavy atom. The number of benzene rings is 1. The lowest BCUT2D eigenvalue weighted by atomic mass is 9.84. The van der Waals surface area contributed by atoms with Gasteiger partial charge in [0.15, 0.2) is 0 Å². The summed E-state index contributed by atoms with van der Waals surface area (Å²) < 4.78 is 104. The zero-order chi connectivity index (χ0) is 28.5. The third-order valence-corrected chi connectivity index (χ3v) is 8.10. The van der Waals surface area contributed by atoms with Crippen molar-refractivity contribution in [2.24, 2.45) is 0 Å². The molecule has 0 bridgehead atoms. The number of alkyl halides is 5. The molecule has 0 unspecified atom stereocenters. The van der Waals surface area contributed by atoms with Gasteiger partial charge in [-0.05, 0) is 36.6 Å². The number of nitrogens with two attached hydrogens (primary N) is 1. The summed E-state index contributed by atoms with van der Waals surface area (Å²) in [5, 5.41) is 11.6. The number of rotatable bonds is 5. The van der Waals surface area contributed by atoms with Crippen molar-refractivity contribution in [3.05, 3.63) is 30.0 Å². The molecule has 2 atom stereocenters. The van der Waals surface area contributed by atoms with Crippen LogP contribution in [0.3, 0.4) is 0 Å². The quantitative estimate of drug-likeness (QED) is 0.359. The molecular formula is C22H23F5N8O3S. The number of halogens is 5. The van der Waals surface area contributed by atoms with Crippen LogP contribution in [-0.4, -0.2) is 80.9 Å². The molecule has 11 nitrogen and oxygen atoms in total. The van der Waals surface area contributed by atoms with Crippen molar-refractivity contribution >= 4 is 32.5 Å². The van der Waals surface area contributed by atoms with Gasteiger partial charge in [0.1, 0.15) is 17.1 Å². The molecule has 3 aromatic heterocycles. The normalized spacial score (nSPS) is 19.5. The van der Waals surface area contributed by atoms with Crippen LogP contribution in [0.5, 0.6) is 5.88 Å². The largest absolute Gasteiger partial charge is 0.479 e. The number of hydrogen-bond acceptors (Lipinski definition) is 8. The number of ether oxygens (including phenoxy) is 1. The fourth-order valence-corrected chi connectivity index (χ4v) is 5.73. The standard InChI is InChI=1S/C22H23F5N8O3S/c1-11(22(25,26)27)35-16-8-12(4-5-15(16)30-32-35)17-13(9-34-18(17)19(38-2)29-20(28)31-34)14-6-7-33(39(3,36)37)10-21(14,23)24/h4-5,8-9,11,14H,6-7,10H2,1-3H3,(H2,28,31)/t11-,14+/m0/s1. The second-order valence-electron chi connectivity index (χ2n) is 9.39. The van der Waals surface area contributed by atoms with E-state index in [-0.39, 0.29) is 58.0 Å². The maximum atomic E-state index is 15.6. The highest BCUT2D eigenvalue weighted by Gasteiger charge is 2.49. The Morgan fingerprint density at radius 1 is 1.26 bits per heavy atom. The molecule has 0 amide bonds. The number of aromatic nitrogens is 6. The van der Waals surface area contributed by atoms with Crippen molar-refractivity contribution in [2.75, 3.05) is 32.2 Å². The lowest BCUT2D eigenvalue weighted by Gasteiger charge is -2.37. The maximum absolute atomic E-state index is 15.6. The molecule has 4 heterocycles. The molecule has 1 fully saturated rings. The number of hydrogen-bond donors (Lipinski definition) is 1. The van der Waals surface area contributed by atoms with E-state index in [1.54, 1.807) is 0 Å². The minimum absolute atomic E-state index is 0.0246. The Labute approximate surface area is 218 Å². The molecule has 17 heteroatoms. The van der Waals surface area contributed by atoms with Gasteiger partial charge >= 0.3 is 6.18 Å². The van der Waals surface area contributed by atoms with E-state index in [1.165, 1.54) is 36.0 Å². The van der Waals surface area contributed by atoms with Gasteiger partial charge in [0, 0.05) is 18.3 Å². The molecule has 2 N–H and O–H groups in total. The van der Waals surface area contributed by atoms with Crippen molar-refractivity contribution in [1.82, 2.24) is 33.9 Å². The molecule has 1 aliphatic rings. The van der Waals surface area contributed by atoms with E-state index in [0.29, 0.717) is 8.99 Å². The van der Waals surface area contributed by atoms with E-state index < -0.39 is 40.6 Å². The van der Waals surface area contributed by atoms with Crippen molar-refractivity contribution < 1.29 is 35.1 Å². The van der Waals surface area contributed by atoms with Crippen LogP contribution in [0.4, 0.5) is 27.9 Å². The number of fused-ring (bicyclic) bond motifs is 2. The van der Waals surface area contributed by atoms with Gasteiger partial charge in [-0.2, -0.15) is 22.5 Å². The van der Waals surface area contributed by atoms with Gasteiger partial charge in [0.2, 0.25) is 21.9 Å². The second kappa shape index (κ2) is 8.97. The second-order valence-corrected chi connectivity index (χ2v) is 11.4. The van der Waals surface area contributed by atoms with Gasteiger partial charge < -0.3 is 10.5 Å². The average Bonchev–Trinajstić information content (AvgIpc) is 3.42. The third kappa shape index (κ3) is 4.62. The Bertz CT molecular complexity index is 1680. The van der Waals surface area contributed by atoms with Crippen LogP contribution in [0.1, 0.15) is 30.9 Å². The van der Waals surface area contributed by atoms with Crippen LogP contribution in [0.25, 0.3) is 27.7 Å². The van der Waals surface area contributed by atoms with E-state index in [4.69, 9.17) is 10.5 Å². The van der Waals surface area contributed by atoms with Crippen molar-refractivity contribution in [3.8, 4) is 17.0 Å². The smallest absolute Gasteiger partial charge is 0.410 e. The number of methoxy groups -OCH3 is 1. The van der Waals surface area contributed by atoms with Gasteiger partial charge in [0.05, 0.1) is 31.3 Å². The van der Waals surface area contributed by atoms with Crippen LogP contribution in [0, 0.1) is 0 Å². The van der Waals surface area contributed by atoms with E-state index in [1.807, 2.05) is 0 Å². The van der Waals surface area contributed by atoms with Gasteiger partial charge in [-0.3, -0.25) is 0 Å². The van der Waals surface area contributed by atoms with Gasteiger partial charge in [-0.25, -0.2) is 26.4 Å². The Morgan fingerprint density at radius 2 is 1.97 bits per heavy atom. The van der Waals surface area contributed by atoms with Crippen LogP contribution >= 0.6 is 0 Å². The minimum Gasteiger partial charge on any atom is -0.479 e. The molecule has 1 aliphatic heterocycles. The first kappa shape index (κ1) is 27.0. The first-order valence-electron chi connectivity index (χ1n) is 11.6. The highest BCUT2D eigenvalue weighted by molar-refractivity contribution is 7.88. The highest BCUT2D eigenvalue weighted by atomic mass is 32.2. The number of nitrogen functional groups attached to an aromatic ring is 1. The molecule has 0 radical (unpaired) electrons.